The molecule has 0 radical (unpaired) electrons. The predicted octanol–water partition coefficient (Wildman–Crippen LogP) is 1.03. The van der Waals surface area contributed by atoms with Crippen LogP contribution in [-0.4, -0.2) is 16.8 Å². The average Bonchev–Trinajstić information content (AvgIpc) is 2.37. The number of aromatic nitrogens is 2. The fraction of sp³-hybridized carbons (Fsp3) is 0.667. The van der Waals surface area contributed by atoms with E-state index < -0.39 is 0 Å². The van der Waals surface area contributed by atoms with Gasteiger partial charge in [-0.1, -0.05) is 12.0 Å². The second-order valence-electron chi connectivity index (χ2n) is 1.75. The highest BCUT2D eigenvalue weighted by molar-refractivity contribution is 4.84. The Morgan fingerprint density at radius 2 is 2.20 bits per heavy atom. The molecule has 0 N–H and O–H groups in total. The molecular formula is C6H10N2O2. The summed E-state index contributed by atoms with van der Waals surface area (Å²) in [4.78, 5) is 0. The Labute approximate surface area is 59.2 Å². The molecule has 0 aliphatic rings. The quantitative estimate of drug-likeness (QED) is 0.632. The lowest BCUT2D eigenvalue weighted by Gasteiger charge is -1.90. The van der Waals surface area contributed by atoms with E-state index in [2.05, 4.69) is 10.2 Å². The van der Waals surface area contributed by atoms with Gasteiger partial charge in [0.05, 0.1) is 6.61 Å². The van der Waals surface area contributed by atoms with E-state index in [1.54, 1.807) is 0 Å². The second-order valence-corrected chi connectivity index (χ2v) is 1.75. The van der Waals surface area contributed by atoms with Crippen molar-refractivity contribution in [1.82, 2.24) is 10.2 Å². The zero-order valence-electron chi connectivity index (χ0n) is 6.13. The molecule has 0 bridgehead atoms. The summed E-state index contributed by atoms with van der Waals surface area (Å²) in [7, 11) is 0. The molecule has 0 spiro atoms. The van der Waals surface area contributed by atoms with E-state index in [9.17, 15) is 0 Å². The summed E-state index contributed by atoms with van der Waals surface area (Å²) in [5, 5.41) is 7.35. The van der Waals surface area contributed by atoms with Crippen LogP contribution in [0.1, 0.15) is 19.7 Å². The van der Waals surface area contributed by atoms with E-state index in [4.69, 9.17) is 9.15 Å². The number of hydrogen-bond acceptors (Lipinski definition) is 4. The van der Waals surface area contributed by atoms with Crippen molar-refractivity contribution in [2.75, 3.05) is 6.61 Å². The van der Waals surface area contributed by atoms with Gasteiger partial charge >= 0.3 is 6.08 Å². The Morgan fingerprint density at radius 3 is 2.70 bits per heavy atom. The zero-order valence-corrected chi connectivity index (χ0v) is 6.13. The number of aryl methyl sites for hydroxylation is 1. The topological polar surface area (TPSA) is 48.2 Å². The predicted molar refractivity (Wildman–Crippen MR) is 34.8 cm³/mol. The SMILES string of the molecule is CCOc1nnc(CC)o1. The maximum absolute atomic E-state index is 5.03. The molecule has 0 saturated heterocycles. The highest BCUT2D eigenvalue weighted by Gasteiger charge is 2.02. The summed E-state index contributed by atoms with van der Waals surface area (Å²) >= 11 is 0. The number of ether oxygens (including phenoxy) is 1. The van der Waals surface area contributed by atoms with E-state index in [0.29, 0.717) is 12.5 Å². The van der Waals surface area contributed by atoms with Gasteiger partial charge in [0.25, 0.3) is 0 Å². The van der Waals surface area contributed by atoms with Gasteiger partial charge < -0.3 is 9.15 Å². The zero-order chi connectivity index (χ0) is 7.40. The van der Waals surface area contributed by atoms with Crippen LogP contribution in [0.2, 0.25) is 0 Å². The van der Waals surface area contributed by atoms with Gasteiger partial charge in [-0.05, 0) is 6.92 Å². The van der Waals surface area contributed by atoms with E-state index in [-0.39, 0.29) is 6.08 Å². The van der Waals surface area contributed by atoms with Crippen LogP contribution in [0.5, 0.6) is 6.08 Å². The molecule has 0 atom stereocenters. The molecule has 0 aromatic carbocycles. The van der Waals surface area contributed by atoms with E-state index in [1.807, 2.05) is 13.8 Å². The van der Waals surface area contributed by atoms with Gasteiger partial charge in [-0.3, -0.25) is 0 Å². The van der Waals surface area contributed by atoms with Gasteiger partial charge in [0.15, 0.2) is 0 Å². The summed E-state index contributed by atoms with van der Waals surface area (Å²) in [5.41, 5.74) is 0. The fourth-order valence-corrected chi connectivity index (χ4v) is 0.563. The van der Waals surface area contributed by atoms with Crippen LogP contribution < -0.4 is 4.74 Å². The molecule has 0 fully saturated rings. The van der Waals surface area contributed by atoms with E-state index >= 15 is 0 Å². The average molecular weight is 142 g/mol. The normalized spacial score (nSPS) is 9.80. The Morgan fingerprint density at radius 1 is 1.40 bits per heavy atom. The molecule has 0 aliphatic heterocycles. The highest BCUT2D eigenvalue weighted by atomic mass is 16.6. The Hall–Kier alpha value is -1.06. The van der Waals surface area contributed by atoms with Crippen molar-refractivity contribution in [2.24, 2.45) is 0 Å². The van der Waals surface area contributed by atoms with Crippen LogP contribution in [0.3, 0.4) is 0 Å². The molecule has 1 rings (SSSR count). The fourth-order valence-electron chi connectivity index (χ4n) is 0.563. The molecule has 1 aromatic rings. The number of nitrogens with zero attached hydrogens (tertiary/aromatic N) is 2. The molecule has 1 heterocycles. The summed E-state index contributed by atoms with van der Waals surface area (Å²) in [6, 6.07) is 0. The first-order valence-corrected chi connectivity index (χ1v) is 3.32. The lowest BCUT2D eigenvalue weighted by atomic mass is 10.5. The van der Waals surface area contributed by atoms with Gasteiger partial charge in [0.1, 0.15) is 0 Å². The minimum atomic E-state index is 0.263. The third kappa shape index (κ3) is 1.46. The van der Waals surface area contributed by atoms with E-state index in [1.165, 1.54) is 0 Å². The van der Waals surface area contributed by atoms with Crippen LogP contribution in [-0.2, 0) is 6.42 Å². The van der Waals surface area contributed by atoms with Gasteiger partial charge in [-0.15, -0.1) is 5.10 Å². The van der Waals surface area contributed by atoms with Crippen molar-refractivity contribution in [3.63, 3.8) is 0 Å². The van der Waals surface area contributed by atoms with Crippen molar-refractivity contribution in [2.45, 2.75) is 20.3 Å². The summed E-state index contributed by atoms with van der Waals surface area (Å²) in [6.07, 6.45) is 1.01. The highest BCUT2D eigenvalue weighted by Crippen LogP contribution is 2.07. The van der Waals surface area contributed by atoms with Gasteiger partial charge in [-0.25, -0.2) is 0 Å². The van der Waals surface area contributed by atoms with Crippen molar-refractivity contribution in [3.8, 4) is 6.08 Å². The largest absolute Gasteiger partial charge is 0.449 e. The van der Waals surface area contributed by atoms with E-state index in [0.717, 1.165) is 6.42 Å². The molecule has 4 nitrogen and oxygen atoms in total. The minimum absolute atomic E-state index is 0.263. The Balaban J connectivity index is 2.59. The van der Waals surface area contributed by atoms with Crippen LogP contribution >= 0.6 is 0 Å². The molecule has 0 saturated carbocycles. The van der Waals surface area contributed by atoms with Crippen molar-refractivity contribution >= 4 is 0 Å². The van der Waals surface area contributed by atoms with Crippen LogP contribution in [0.25, 0.3) is 0 Å². The first-order chi connectivity index (χ1) is 4.86. The van der Waals surface area contributed by atoms with Crippen LogP contribution in [0, 0.1) is 0 Å². The maximum Gasteiger partial charge on any atom is 0.414 e. The molecular weight excluding hydrogens is 132 g/mol. The molecule has 4 heteroatoms. The third-order valence-electron chi connectivity index (χ3n) is 1.02. The smallest absolute Gasteiger partial charge is 0.414 e. The molecule has 0 unspecified atom stereocenters. The van der Waals surface area contributed by atoms with Crippen LogP contribution in [0.15, 0.2) is 4.42 Å². The van der Waals surface area contributed by atoms with Gasteiger partial charge in [0.2, 0.25) is 5.89 Å². The number of hydrogen-bond donors (Lipinski definition) is 0. The standard InChI is InChI=1S/C6H10N2O2/c1-3-5-7-8-6(10-5)9-4-2/h3-4H2,1-2H3. The first-order valence-electron chi connectivity index (χ1n) is 3.32. The van der Waals surface area contributed by atoms with Crippen molar-refractivity contribution < 1.29 is 9.15 Å². The molecule has 56 valence electrons. The monoisotopic (exact) mass is 142 g/mol. The lowest BCUT2D eigenvalue weighted by molar-refractivity contribution is 0.238. The minimum Gasteiger partial charge on any atom is -0.449 e. The summed E-state index contributed by atoms with van der Waals surface area (Å²) in [5.74, 6) is 0.614. The van der Waals surface area contributed by atoms with Crippen LogP contribution in [0.4, 0.5) is 0 Å². The van der Waals surface area contributed by atoms with Gasteiger partial charge in [-0.2, -0.15) is 0 Å². The Kier molecular flexibility index (Phi) is 2.25. The molecule has 0 aliphatic carbocycles. The Bertz CT molecular complexity index is 197. The van der Waals surface area contributed by atoms with Crippen molar-refractivity contribution in [3.05, 3.63) is 5.89 Å². The molecule has 1 aromatic heterocycles. The second kappa shape index (κ2) is 3.20. The summed E-state index contributed by atoms with van der Waals surface area (Å²) in [6.45, 7) is 4.38. The van der Waals surface area contributed by atoms with Gasteiger partial charge in [0, 0.05) is 6.42 Å². The summed E-state index contributed by atoms with van der Waals surface area (Å²) < 4.78 is 9.98. The molecule has 0 amide bonds. The third-order valence-corrected chi connectivity index (χ3v) is 1.02. The maximum atomic E-state index is 5.03. The molecule has 10 heavy (non-hydrogen) atoms. The van der Waals surface area contributed by atoms with Crippen molar-refractivity contribution in [1.29, 1.82) is 0 Å². The lowest BCUT2D eigenvalue weighted by Crippen LogP contribution is -1.90. The first kappa shape index (κ1) is 7.05. The number of rotatable bonds is 3.